The predicted octanol–water partition coefficient (Wildman–Crippen LogP) is 3.26. The highest BCUT2D eigenvalue weighted by Crippen LogP contribution is 2.48. The van der Waals surface area contributed by atoms with Crippen LogP contribution >= 0.6 is 0 Å². The fraction of sp³-hybridized carbons (Fsp3) is 0.500. The van der Waals surface area contributed by atoms with Gasteiger partial charge in [-0.05, 0) is 91.1 Å². The second kappa shape index (κ2) is 12.6. The lowest BCUT2D eigenvalue weighted by atomic mass is 9.69. The van der Waals surface area contributed by atoms with Gasteiger partial charge < -0.3 is 20.0 Å². The molecule has 0 spiro atoms. The number of carbonyl (C=O) groups is 3. The molecule has 246 valence electrons. The fourth-order valence-electron chi connectivity index (χ4n) is 7.47. The van der Waals surface area contributed by atoms with E-state index in [4.69, 9.17) is 10.1 Å². The Bertz CT molecular complexity index is 1680. The maximum Gasteiger partial charge on any atom is 0.253 e. The molecule has 6 rings (SSSR count). The first-order valence-corrected chi connectivity index (χ1v) is 16.5. The van der Waals surface area contributed by atoms with E-state index in [9.17, 15) is 19.6 Å². The van der Waals surface area contributed by atoms with Gasteiger partial charge in [-0.1, -0.05) is 26.0 Å². The van der Waals surface area contributed by atoms with Gasteiger partial charge in [0, 0.05) is 51.3 Å². The van der Waals surface area contributed by atoms with Crippen molar-refractivity contribution in [3.8, 4) is 6.07 Å². The lowest BCUT2D eigenvalue weighted by molar-refractivity contribution is -0.131. The van der Waals surface area contributed by atoms with Crippen LogP contribution in [-0.2, 0) is 23.1 Å². The summed E-state index contributed by atoms with van der Waals surface area (Å²) >= 11 is 0. The Labute approximate surface area is 276 Å². The lowest BCUT2D eigenvalue weighted by Gasteiger charge is -2.35. The van der Waals surface area contributed by atoms with E-state index in [1.165, 1.54) is 0 Å². The summed E-state index contributed by atoms with van der Waals surface area (Å²) in [5.41, 5.74) is 4.43. The van der Waals surface area contributed by atoms with E-state index in [0.717, 1.165) is 40.9 Å². The second-order valence-electron chi connectivity index (χ2n) is 13.9. The normalized spacial score (nSPS) is 20.5. The standard InChI is InChI=1S/C36H44N8O3/c1-21(2)32-39-35(41-40-32)36(13-14-38-20-31(45)44-27(19-37)17-26-18-30(26)44)28-11-9-24(33(46)42(3)4)15-22(28)7-8-23-16-25(10-12-29(23)36)34(47)43(5)6/h9-12,15-16,21,26-27,30,38H,7-8,13-14,17-18,20H2,1-6H3,(H,39,40,41)/t26-,27+,30+/m1/s1. The summed E-state index contributed by atoms with van der Waals surface area (Å²) in [5.74, 6) is 1.76. The molecule has 3 atom stereocenters. The minimum absolute atomic E-state index is 0.0454. The van der Waals surface area contributed by atoms with Crippen molar-refractivity contribution in [3.63, 3.8) is 0 Å². The van der Waals surface area contributed by atoms with Gasteiger partial charge in [0.2, 0.25) is 5.91 Å². The number of rotatable bonds is 9. The third kappa shape index (κ3) is 5.80. The van der Waals surface area contributed by atoms with Crippen LogP contribution in [0.15, 0.2) is 36.4 Å². The molecule has 2 heterocycles. The maximum atomic E-state index is 13.3. The van der Waals surface area contributed by atoms with Crippen molar-refractivity contribution < 1.29 is 14.4 Å². The average Bonchev–Trinajstić information content (AvgIpc) is 3.47. The van der Waals surface area contributed by atoms with Crippen molar-refractivity contribution in [2.45, 2.75) is 69.4 Å². The number of hydrogen-bond donors (Lipinski definition) is 2. The molecule has 3 aromatic rings. The van der Waals surface area contributed by atoms with Crippen molar-refractivity contribution in [3.05, 3.63) is 81.4 Å². The van der Waals surface area contributed by atoms with E-state index in [1.807, 2.05) is 36.4 Å². The van der Waals surface area contributed by atoms with E-state index in [-0.39, 0.29) is 42.3 Å². The topological polar surface area (TPSA) is 138 Å². The lowest BCUT2D eigenvalue weighted by Crippen LogP contribution is -2.44. The van der Waals surface area contributed by atoms with Crippen molar-refractivity contribution in [2.75, 3.05) is 41.3 Å². The number of likely N-dealkylation sites (tertiary alicyclic amines) is 1. The van der Waals surface area contributed by atoms with E-state index >= 15 is 0 Å². The summed E-state index contributed by atoms with van der Waals surface area (Å²) in [6, 6.07) is 13.9. The Morgan fingerprint density at radius 2 is 1.60 bits per heavy atom. The number of benzene rings is 2. The zero-order valence-corrected chi connectivity index (χ0v) is 28.1. The zero-order chi connectivity index (χ0) is 33.6. The smallest absolute Gasteiger partial charge is 0.253 e. The van der Waals surface area contributed by atoms with E-state index in [1.54, 1.807) is 42.9 Å². The van der Waals surface area contributed by atoms with Gasteiger partial charge in [0.1, 0.15) is 11.9 Å². The van der Waals surface area contributed by atoms with Crippen LogP contribution in [0.5, 0.6) is 0 Å². The summed E-state index contributed by atoms with van der Waals surface area (Å²) < 4.78 is 0. The zero-order valence-electron chi connectivity index (χ0n) is 28.1. The Morgan fingerprint density at radius 1 is 1.00 bits per heavy atom. The molecule has 3 amide bonds. The van der Waals surface area contributed by atoms with Gasteiger partial charge >= 0.3 is 0 Å². The molecule has 0 bridgehead atoms. The number of nitrogens with one attached hydrogen (secondary N) is 2. The number of nitriles is 1. The molecule has 0 unspecified atom stereocenters. The van der Waals surface area contributed by atoms with Crippen molar-refractivity contribution in [1.29, 1.82) is 5.26 Å². The van der Waals surface area contributed by atoms with Gasteiger partial charge in [-0.25, -0.2) is 4.98 Å². The van der Waals surface area contributed by atoms with Crippen molar-refractivity contribution in [1.82, 2.24) is 35.2 Å². The van der Waals surface area contributed by atoms with Crippen LogP contribution in [0.4, 0.5) is 0 Å². The van der Waals surface area contributed by atoms with Crippen LogP contribution in [0.3, 0.4) is 0 Å². The van der Waals surface area contributed by atoms with E-state index in [2.05, 4.69) is 30.3 Å². The van der Waals surface area contributed by atoms with Crippen molar-refractivity contribution >= 4 is 17.7 Å². The Kier molecular flexibility index (Phi) is 8.66. The molecule has 47 heavy (non-hydrogen) atoms. The van der Waals surface area contributed by atoms with Gasteiger partial charge in [-0.15, -0.1) is 0 Å². The number of hydrogen-bond acceptors (Lipinski definition) is 7. The van der Waals surface area contributed by atoms with Gasteiger partial charge in [0.05, 0.1) is 18.0 Å². The molecular formula is C36H44N8O3. The molecule has 1 saturated heterocycles. The molecule has 2 aliphatic carbocycles. The molecule has 0 radical (unpaired) electrons. The highest BCUT2D eigenvalue weighted by molar-refractivity contribution is 5.95. The van der Waals surface area contributed by atoms with Gasteiger partial charge in [-0.2, -0.15) is 10.4 Å². The van der Waals surface area contributed by atoms with Crippen LogP contribution < -0.4 is 5.32 Å². The molecule has 11 heteroatoms. The highest BCUT2D eigenvalue weighted by atomic mass is 16.2. The number of amides is 3. The van der Waals surface area contributed by atoms with Crippen LogP contribution in [0.25, 0.3) is 0 Å². The Balaban J connectivity index is 1.43. The van der Waals surface area contributed by atoms with Gasteiger partial charge in [0.25, 0.3) is 11.8 Å². The molecule has 3 aliphatic rings. The van der Waals surface area contributed by atoms with Crippen LogP contribution in [0.2, 0.25) is 0 Å². The number of aryl methyl sites for hydroxylation is 2. The molecule has 1 saturated carbocycles. The number of nitrogens with zero attached hydrogens (tertiary/aromatic N) is 6. The molecule has 2 fully saturated rings. The van der Waals surface area contributed by atoms with Crippen molar-refractivity contribution in [2.24, 2.45) is 5.92 Å². The summed E-state index contributed by atoms with van der Waals surface area (Å²) in [7, 11) is 6.98. The third-order valence-corrected chi connectivity index (χ3v) is 10.0. The highest BCUT2D eigenvalue weighted by Gasteiger charge is 2.54. The number of fused-ring (bicyclic) bond motifs is 3. The molecule has 11 nitrogen and oxygen atoms in total. The maximum absolute atomic E-state index is 13.3. The minimum atomic E-state index is -0.843. The first kappa shape index (κ1) is 32.4. The van der Waals surface area contributed by atoms with Gasteiger partial charge in [0.15, 0.2) is 5.82 Å². The molecule has 2 N–H and O–H groups in total. The molecule has 1 aliphatic heterocycles. The summed E-state index contributed by atoms with van der Waals surface area (Å²) in [6.45, 7) is 4.73. The van der Waals surface area contributed by atoms with Crippen LogP contribution in [0, 0.1) is 17.2 Å². The Morgan fingerprint density at radius 3 is 2.11 bits per heavy atom. The van der Waals surface area contributed by atoms with E-state index < -0.39 is 5.41 Å². The number of H-pyrrole nitrogens is 1. The summed E-state index contributed by atoms with van der Waals surface area (Å²) in [6.07, 6.45) is 3.60. The first-order valence-electron chi connectivity index (χ1n) is 16.5. The number of aromatic amines is 1. The predicted molar refractivity (Wildman–Crippen MR) is 177 cm³/mol. The number of piperidine rings is 1. The number of carbonyl (C=O) groups excluding carboxylic acids is 3. The SMILES string of the molecule is CC(C)c1nc(C2(CCNCC(=O)N3[C@H](C#N)C[C@@H]4C[C@@H]43)c3ccc(C(=O)N(C)C)cc3CCc3cc(C(=O)N(C)C)ccc32)n[nH]1. The van der Waals surface area contributed by atoms with Crippen LogP contribution in [0.1, 0.15) is 93.6 Å². The summed E-state index contributed by atoms with van der Waals surface area (Å²) in [4.78, 5) is 49.4. The monoisotopic (exact) mass is 636 g/mol. The van der Waals surface area contributed by atoms with Gasteiger partial charge in [-0.3, -0.25) is 19.5 Å². The summed E-state index contributed by atoms with van der Waals surface area (Å²) in [5, 5.41) is 21.0. The average molecular weight is 637 g/mol. The quantitative estimate of drug-likeness (QED) is 0.344. The minimum Gasteiger partial charge on any atom is -0.345 e. The number of aromatic nitrogens is 3. The molecule has 1 aromatic heterocycles. The Hall–Kier alpha value is -4.56. The first-order chi connectivity index (χ1) is 22.5. The van der Waals surface area contributed by atoms with E-state index in [0.29, 0.717) is 48.7 Å². The molecule has 2 aromatic carbocycles. The fourth-order valence-corrected chi connectivity index (χ4v) is 7.47. The van der Waals surface area contributed by atoms with Crippen LogP contribution in [-0.4, -0.2) is 101 Å². The second-order valence-corrected chi connectivity index (χ2v) is 13.9. The third-order valence-electron chi connectivity index (χ3n) is 10.0. The largest absolute Gasteiger partial charge is 0.345 e. The molecular weight excluding hydrogens is 592 g/mol.